The smallest absolute Gasteiger partial charge is 0.272 e. The standard InChI is InChI=1S/C12H20N4O/c1-8(2)14-12(17)11-9(3)10-7-13-5-4-6-16(10)15-11/h8,13H,4-7H2,1-3H3,(H,14,17). The molecule has 0 aromatic carbocycles. The van der Waals surface area contributed by atoms with Crippen molar-refractivity contribution in [2.45, 2.75) is 46.3 Å². The molecule has 2 rings (SSSR count). The first-order chi connectivity index (χ1) is 8.09. The number of hydrogen-bond acceptors (Lipinski definition) is 3. The second kappa shape index (κ2) is 4.87. The van der Waals surface area contributed by atoms with Crippen molar-refractivity contribution in [1.29, 1.82) is 0 Å². The van der Waals surface area contributed by atoms with E-state index < -0.39 is 0 Å². The topological polar surface area (TPSA) is 59.0 Å². The number of nitrogens with one attached hydrogen (secondary N) is 2. The van der Waals surface area contributed by atoms with Crippen molar-refractivity contribution in [3.63, 3.8) is 0 Å². The zero-order valence-electron chi connectivity index (χ0n) is 10.7. The molecule has 1 aromatic heterocycles. The first-order valence-electron chi connectivity index (χ1n) is 6.17. The second-order valence-electron chi connectivity index (χ2n) is 4.80. The summed E-state index contributed by atoms with van der Waals surface area (Å²) in [5, 5.41) is 10.7. The highest BCUT2D eigenvalue weighted by atomic mass is 16.2. The summed E-state index contributed by atoms with van der Waals surface area (Å²) in [7, 11) is 0. The average molecular weight is 236 g/mol. The number of aromatic nitrogens is 2. The number of amides is 1. The summed E-state index contributed by atoms with van der Waals surface area (Å²) in [4.78, 5) is 12.0. The molecule has 0 atom stereocenters. The fourth-order valence-electron chi connectivity index (χ4n) is 2.10. The Hall–Kier alpha value is -1.36. The Morgan fingerprint density at radius 3 is 3.00 bits per heavy atom. The number of fused-ring (bicyclic) bond motifs is 1. The molecular formula is C12H20N4O. The van der Waals surface area contributed by atoms with Gasteiger partial charge in [-0.1, -0.05) is 0 Å². The minimum Gasteiger partial charge on any atom is -0.348 e. The van der Waals surface area contributed by atoms with Crippen LogP contribution in [-0.4, -0.2) is 28.3 Å². The van der Waals surface area contributed by atoms with Crippen LogP contribution in [-0.2, 0) is 13.1 Å². The lowest BCUT2D eigenvalue weighted by atomic mass is 10.2. The highest BCUT2D eigenvalue weighted by Crippen LogP contribution is 2.15. The Kier molecular flexibility index (Phi) is 3.47. The largest absolute Gasteiger partial charge is 0.348 e. The van der Waals surface area contributed by atoms with E-state index >= 15 is 0 Å². The van der Waals surface area contributed by atoms with Gasteiger partial charge in [-0.15, -0.1) is 0 Å². The zero-order valence-corrected chi connectivity index (χ0v) is 10.7. The molecule has 0 fully saturated rings. The monoisotopic (exact) mass is 236 g/mol. The molecule has 1 aromatic rings. The van der Waals surface area contributed by atoms with Gasteiger partial charge in [-0.3, -0.25) is 9.48 Å². The third-order valence-corrected chi connectivity index (χ3v) is 2.97. The van der Waals surface area contributed by atoms with Crippen LogP contribution < -0.4 is 10.6 Å². The van der Waals surface area contributed by atoms with E-state index in [0.717, 1.165) is 37.3 Å². The number of nitrogens with zero attached hydrogens (tertiary/aromatic N) is 2. The van der Waals surface area contributed by atoms with Crippen LogP contribution in [0.3, 0.4) is 0 Å². The Balaban J connectivity index is 2.27. The van der Waals surface area contributed by atoms with Crippen LogP contribution in [0.1, 0.15) is 42.0 Å². The molecule has 0 bridgehead atoms. The summed E-state index contributed by atoms with van der Waals surface area (Å²) >= 11 is 0. The lowest BCUT2D eigenvalue weighted by molar-refractivity contribution is 0.0936. The SMILES string of the molecule is Cc1c(C(=O)NC(C)C)nn2c1CNCCC2. The molecule has 2 N–H and O–H groups in total. The van der Waals surface area contributed by atoms with Crippen molar-refractivity contribution in [2.24, 2.45) is 0 Å². The quantitative estimate of drug-likeness (QED) is 0.799. The van der Waals surface area contributed by atoms with Crippen molar-refractivity contribution in [3.8, 4) is 0 Å². The summed E-state index contributed by atoms with van der Waals surface area (Å²) in [6.45, 7) is 8.58. The van der Waals surface area contributed by atoms with Crippen LogP contribution in [0.15, 0.2) is 0 Å². The van der Waals surface area contributed by atoms with Crippen LogP contribution >= 0.6 is 0 Å². The van der Waals surface area contributed by atoms with E-state index in [0.29, 0.717) is 5.69 Å². The van der Waals surface area contributed by atoms with Gasteiger partial charge < -0.3 is 10.6 Å². The van der Waals surface area contributed by atoms with Gasteiger partial charge in [-0.05, 0) is 33.7 Å². The highest BCUT2D eigenvalue weighted by molar-refractivity contribution is 5.94. The molecule has 5 heteroatoms. The van der Waals surface area contributed by atoms with Crippen LogP contribution in [0.2, 0.25) is 0 Å². The minimum absolute atomic E-state index is 0.0712. The van der Waals surface area contributed by atoms with Gasteiger partial charge in [0.1, 0.15) is 0 Å². The average Bonchev–Trinajstić information content (AvgIpc) is 2.47. The zero-order chi connectivity index (χ0) is 12.4. The highest BCUT2D eigenvalue weighted by Gasteiger charge is 2.20. The number of rotatable bonds is 2. The molecule has 0 unspecified atom stereocenters. The van der Waals surface area contributed by atoms with Crippen molar-refractivity contribution in [2.75, 3.05) is 6.54 Å². The molecule has 1 amide bonds. The third kappa shape index (κ3) is 2.49. The van der Waals surface area contributed by atoms with Gasteiger partial charge >= 0.3 is 0 Å². The van der Waals surface area contributed by atoms with Crippen LogP contribution in [0.25, 0.3) is 0 Å². The Morgan fingerprint density at radius 2 is 2.29 bits per heavy atom. The lowest BCUT2D eigenvalue weighted by Gasteiger charge is -2.06. The third-order valence-electron chi connectivity index (χ3n) is 2.97. The summed E-state index contributed by atoms with van der Waals surface area (Å²) in [5.74, 6) is -0.0712. The predicted octanol–water partition coefficient (Wildman–Crippen LogP) is 0.823. The van der Waals surface area contributed by atoms with E-state index in [-0.39, 0.29) is 11.9 Å². The number of aryl methyl sites for hydroxylation is 1. The molecule has 5 nitrogen and oxygen atoms in total. The maximum Gasteiger partial charge on any atom is 0.272 e. The van der Waals surface area contributed by atoms with Gasteiger partial charge in [-0.2, -0.15) is 5.10 Å². The molecule has 2 heterocycles. The van der Waals surface area contributed by atoms with Crippen molar-refractivity contribution >= 4 is 5.91 Å². The van der Waals surface area contributed by atoms with Crippen molar-refractivity contribution < 1.29 is 4.79 Å². The van der Waals surface area contributed by atoms with Crippen LogP contribution in [0, 0.1) is 6.92 Å². The first kappa shape index (κ1) is 12.1. The molecule has 94 valence electrons. The van der Waals surface area contributed by atoms with E-state index in [1.54, 1.807) is 0 Å². The Bertz CT molecular complexity index is 422. The molecule has 1 aliphatic heterocycles. The number of hydrogen-bond donors (Lipinski definition) is 2. The second-order valence-corrected chi connectivity index (χ2v) is 4.80. The lowest BCUT2D eigenvalue weighted by Crippen LogP contribution is -2.31. The Labute approximate surface area is 102 Å². The fraction of sp³-hybridized carbons (Fsp3) is 0.667. The van der Waals surface area contributed by atoms with Gasteiger partial charge in [0.25, 0.3) is 5.91 Å². The van der Waals surface area contributed by atoms with Gasteiger partial charge in [0, 0.05) is 24.7 Å². The normalized spacial score (nSPS) is 15.5. The Morgan fingerprint density at radius 1 is 1.53 bits per heavy atom. The predicted molar refractivity (Wildman–Crippen MR) is 65.9 cm³/mol. The van der Waals surface area contributed by atoms with Gasteiger partial charge in [0.2, 0.25) is 0 Å². The van der Waals surface area contributed by atoms with Gasteiger partial charge in [-0.25, -0.2) is 0 Å². The molecule has 0 aliphatic carbocycles. The van der Waals surface area contributed by atoms with Gasteiger partial charge in [0.05, 0.1) is 5.69 Å². The minimum atomic E-state index is -0.0712. The molecule has 1 aliphatic rings. The van der Waals surface area contributed by atoms with Crippen LogP contribution in [0.5, 0.6) is 0 Å². The summed E-state index contributed by atoms with van der Waals surface area (Å²) < 4.78 is 1.96. The maximum atomic E-state index is 12.0. The van der Waals surface area contributed by atoms with Crippen molar-refractivity contribution in [1.82, 2.24) is 20.4 Å². The van der Waals surface area contributed by atoms with E-state index in [9.17, 15) is 4.79 Å². The summed E-state index contributed by atoms with van der Waals surface area (Å²) in [5.41, 5.74) is 2.70. The molecular weight excluding hydrogens is 216 g/mol. The molecule has 0 saturated heterocycles. The van der Waals surface area contributed by atoms with E-state index in [1.165, 1.54) is 0 Å². The molecule has 0 saturated carbocycles. The first-order valence-corrected chi connectivity index (χ1v) is 6.17. The summed E-state index contributed by atoms with van der Waals surface area (Å²) in [6.07, 6.45) is 1.05. The summed E-state index contributed by atoms with van der Waals surface area (Å²) in [6, 6.07) is 0.140. The fourth-order valence-corrected chi connectivity index (χ4v) is 2.10. The van der Waals surface area contributed by atoms with E-state index in [1.807, 2.05) is 25.5 Å². The van der Waals surface area contributed by atoms with E-state index in [4.69, 9.17) is 0 Å². The van der Waals surface area contributed by atoms with Crippen molar-refractivity contribution in [3.05, 3.63) is 17.0 Å². The van der Waals surface area contributed by atoms with E-state index in [2.05, 4.69) is 15.7 Å². The maximum absolute atomic E-state index is 12.0. The van der Waals surface area contributed by atoms with Gasteiger partial charge in [0.15, 0.2) is 5.69 Å². The number of carbonyl (C=O) groups is 1. The molecule has 0 spiro atoms. The molecule has 0 radical (unpaired) electrons. The molecule has 17 heavy (non-hydrogen) atoms. The van der Waals surface area contributed by atoms with Crippen LogP contribution in [0.4, 0.5) is 0 Å². The number of carbonyl (C=O) groups excluding carboxylic acids is 1.